The summed E-state index contributed by atoms with van der Waals surface area (Å²) in [6, 6.07) is 70.9. The average Bonchev–Trinajstić information content (AvgIpc) is 3.69. The minimum Gasteiger partial charge on any atom is -0.457 e. The second-order valence-corrected chi connectivity index (χ2v) is 14.8. The van der Waals surface area contributed by atoms with Crippen molar-refractivity contribution in [3.05, 3.63) is 212 Å². The van der Waals surface area contributed by atoms with Crippen LogP contribution in [0, 0.1) is 0 Å². The molecule has 0 aliphatic heterocycles. The Morgan fingerprint density at radius 2 is 0.645 bits per heavy atom. The lowest BCUT2D eigenvalue weighted by molar-refractivity contribution is 0.483. The molecule has 0 N–H and O–H groups in total. The zero-order valence-corrected chi connectivity index (χ0v) is 33.2. The molecule has 62 heavy (non-hydrogen) atoms. The maximum atomic E-state index is 6.55. The van der Waals surface area contributed by atoms with E-state index in [1.165, 1.54) is 5.39 Å². The quantitative estimate of drug-likeness (QED) is 0.144. The molecule has 8 nitrogen and oxygen atoms in total. The van der Waals surface area contributed by atoms with E-state index in [4.69, 9.17) is 34.6 Å². The molecule has 8 aromatic carbocycles. The first-order valence-electron chi connectivity index (χ1n) is 20.4. The third-order valence-electron chi connectivity index (χ3n) is 10.7. The number of rotatable bonds is 9. The average molecular weight is 798 g/mol. The van der Waals surface area contributed by atoms with Crippen LogP contribution in [0.15, 0.2) is 212 Å². The molecule has 0 aliphatic carbocycles. The van der Waals surface area contributed by atoms with Gasteiger partial charge in [0, 0.05) is 49.8 Å². The van der Waals surface area contributed by atoms with Crippen molar-refractivity contribution in [1.29, 1.82) is 0 Å². The minimum absolute atomic E-state index is 0.531. The van der Waals surface area contributed by atoms with Crippen molar-refractivity contribution >= 4 is 21.8 Å². The smallest absolute Gasteiger partial charge is 0.164 e. The molecule has 0 bridgehead atoms. The lowest BCUT2D eigenvalue weighted by atomic mass is 10.1. The molecule has 0 saturated heterocycles. The Labute approximate surface area is 357 Å². The van der Waals surface area contributed by atoms with Gasteiger partial charge in [-0.3, -0.25) is 0 Å². The first-order valence-corrected chi connectivity index (χ1v) is 20.4. The lowest BCUT2D eigenvalue weighted by Crippen LogP contribution is -2.01. The highest BCUT2D eigenvalue weighted by molar-refractivity contribution is 6.10. The van der Waals surface area contributed by atoms with E-state index in [0.717, 1.165) is 55.5 Å². The van der Waals surface area contributed by atoms with Crippen LogP contribution < -0.4 is 4.74 Å². The van der Waals surface area contributed by atoms with Crippen molar-refractivity contribution in [2.45, 2.75) is 0 Å². The van der Waals surface area contributed by atoms with Crippen LogP contribution >= 0.6 is 0 Å². The van der Waals surface area contributed by atoms with Crippen LogP contribution in [0.2, 0.25) is 0 Å². The Hall–Kier alpha value is -8.62. The monoisotopic (exact) mass is 797 g/mol. The SMILES string of the molecule is c1ccc(-c2nc(-c3ccccc3)nc(-c3cccc(Oc4cccc(-c5nc(-c6ccccc6)nc(-c6ccc7c8ccccc8n(-c8ccccc8)c7c6)n5)c4)c3)n2)cc1. The summed E-state index contributed by atoms with van der Waals surface area (Å²) >= 11 is 0. The molecule has 0 aliphatic rings. The number of fused-ring (bicyclic) bond motifs is 3. The van der Waals surface area contributed by atoms with Gasteiger partial charge < -0.3 is 9.30 Å². The van der Waals surface area contributed by atoms with Crippen LogP contribution in [0.5, 0.6) is 11.5 Å². The fourth-order valence-corrected chi connectivity index (χ4v) is 7.79. The van der Waals surface area contributed by atoms with Crippen molar-refractivity contribution in [3.8, 4) is 85.5 Å². The van der Waals surface area contributed by atoms with Crippen LogP contribution in [-0.4, -0.2) is 34.5 Å². The molecule has 0 unspecified atom stereocenters. The molecule has 0 spiro atoms. The van der Waals surface area contributed by atoms with E-state index in [0.29, 0.717) is 46.4 Å². The lowest BCUT2D eigenvalue weighted by Gasteiger charge is -2.12. The first kappa shape index (κ1) is 36.5. The van der Waals surface area contributed by atoms with Crippen molar-refractivity contribution in [2.75, 3.05) is 0 Å². The molecular weight excluding hydrogens is 763 g/mol. The third-order valence-corrected chi connectivity index (χ3v) is 10.7. The fraction of sp³-hybridized carbons (Fsp3) is 0. The van der Waals surface area contributed by atoms with Crippen molar-refractivity contribution in [2.24, 2.45) is 0 Å². The van der Waals surface area contributed by atoms with Gasteiger partial charge in [0.25, 0.3) is 0 Å². The van der Waals surface area contributed by atoms with Gasteiger partial charge in [-0.25, -0.2) is 29.9 Å². The summed E-state index contributed by atoms with van der Waals surface area (Å²) in [6.45, 7) is 0. The van der Waals surface area contributed by atoms with E-state index >= 15 is 0 Å². The topological polar surface area (TPSA) is 91.5 Å². The van der Waals surface area contributed by atoms with Gasteiger partial charge in [0.05, 0.1) is 11.0 Å². The van der Waals surface area contributed by atoms with Crippen molar-refractivity contribution < 1.29 is 4.74 Å². The Morgan fingerprint density at radius 1 is 0.274 bits per heavy atom. The van der Waals surface area contributed by atoms with E-state index < -0.39 is 0 Å². The summed E-state index contributed by atoms with van der Waals surface area (Å²) < 4.78 is 8.85. The van der Waals surface area contributed by atoms with Gasteiger partial charge in [0.1, 0.15) is 11.5 Å². The molecule has 0 atom stereocenters. The fourth-order valence-electron chi connectivity index (χ4n) is 7.79. The maximum Gasteiger partial charge on any atom is 0.164 e. The molecule has 8 heteroatoms. The molecule has 3 heterocycles. The highest BCUT2D eigenvalue weighted by Crippen LogP contribution is 2.36. The number of hydrogen-bond donors (Lipinski definition) is 0. The maximum absolute atomic E-state index is 6.55. The zero-order chi connectivity index (χ0) is 41.2. The molecule has 0 fully saturated rings. The molecule has 0 saturated carbocycles. The molecule has 292 valence electrons. The second-order valence-electron chi connectivity index (χ2n) is 14.8. The van der Waals surface area contributed by atoms with Gasteiger partial charge in [0.2, 0.25) is 0 Å². The summed E-state index contributed by atoms with van der Waals surface area (Å²) in [4.78, 5) is 29.9. The van der Waals surface area contributed by atoms with Crippen LogP contribution in [0.25, 0.3) is 95.8 Å². The van der Waals surface area contributed by atoms with E-state index in [1.807, 2.05) is 146 Å². The van der Waals surface area contributed by atoms with E-state index in [1.54, 1.807) is 0 Å². The standard InChI is InChI=1S/C54H35N7O/c1-5-17-36(18-6-1)49-55-50(37-19-7-2-8-20-37)57-52(56-49)39-23-15-27-43(33-39)62-44-28-16-24-40(34-44)53-58-51(38-21-9-3-10-22-38)59-54(60-53)41-31-32-46-45-29-13-14-30-47(45)61(48(46)35-41)42-25-11-4-12-26-42/h1-35H. The Kier molecular flexibility index (Phi) is 9.33. The number of nitrogens with zero attached hydrogens (tertiary/aromatic N) is 7. The molecule has 3 aromatic heterocycles. The normalized spacial score (nSPS) is 11.2. The van der Waals surface area contributed by atoms with Crippen molar-refractivity contribution in [3.63, 3.8) is 0 Å². The number of benzene rings is 8. The predicted molar refractivity (Wildman–Crippen MR) is 247 cm³/mol. The van der Waals surface area contributed by atoms with Crippen LogP contribution in [0.4, 0.5) is 0 Å². The van der Waals surface area contributed by atoms with Crippen LogP contribution in [-0.2, 0) is 0 Å². The van der Waals surface area contributed by atoms with Crippen molar-refractivity contribution in [1.82, 2.24) is 34.5 Å². The predicted octanol–water partition coefficient (Wildman–Crippen LogP) is 12.9. The summed E-state index contributed by atoms with van der Waals surface area (Å²) in [5.74, 6) is 4.68. The van der Waals surface area contributed by atoms with E-state index in [2.05, 4.69) is 71.3 Å². The van der Waals surface area contributed by atoms with E-state index in [-0.39, 0.29) is 0 Å². The summed E-state index contributed by atoms with van der Waals surface area (Å²) in [7, 11) is 0. The van der Waals surface area contributed by atoms with E-state index in [9.17, 15) is 0 Å². The Bertz CT molecular complexity index is 3320. The second kappa shape index (κ2) is 15.9. The van der Waals surface area contributed by atoms with Gasteiger partial charge >= 0.3 is 0 Å². The van der Waals surface area contributed by atoms with Gasteiger partial charge in [-0.05, 0) is 48.5 Å². The number of hydrogen-bond acceptors (Lipinski definition) is 7. The van der Waals surface area contributed by atoms with Crippen LogP contribution in [0.1, 0.15) is 0 Å². The summed E-state index contributed by atoms with van der Waals surface area (Å²) in [5, 5.41) is 2.34. The molecule has 11 aromatic rings. The van der Waals surface area contributed by atoms with Gasteiger partial charge in [0.15, 0.2) is 34.9 Å². The third kappa shape index (κ3) is 7.12. The zero-order valence-electron chi connectivity index (χ0n) is 33.2. The van der Waals surface area contributed by atoms with Gasteiger partial charge in [-0.1, -0.05) is 164 Å². The largest absolute Gasteiger partial charge is 0.457 e. The first-order chi connectivity index (χ1) is 30.7. The summed E-state index contributed by atoms with van der Waals surface area (Å²) in [6.07, 6.45) is 0. The minimum atomic E-state index is 0.531. The molecule has 0 radical (unpaired) electrons. The van der Waals surface area contributed by atoms with Crippen LogP contribution in [0.3, 0.4) is 0 Å². The number of aromatic nitrogens is 7. The number of para-hydroxylation sites is 2. The molecule has 11 rings (SSSR count). The highest BCUT2D eigenvalue weighted by atomic mass is 16.5. The highest BCUT2D eigenvalue weighted by Gasteiger charge is 2.18. The Morgan fingerprint density at radius 3 is 1.13 bits per heavy atom. The molecular formula is C54H35N7O. The number of ether oxygens (including phenoxy) is 1. The Balaban J connectivity index is 0.970. The van der Waals surface area contributed by atoms with Gasteiger partial charge in [-0.15, -0.1) is 0 Å². The summed E-state index contributed by atoms with van der Waals surface area (Å²) in [5.41, 5.74) is 8.47. The molecule has 0 amide bonds. The van der Waals surface area contributed by atoms with Gasteiger partial charge in [-0.2, -0.15) is 0 Å².